The zero-order valence-corrected chi connectivity index (χ0v) is 18.8. The van der Waals surface area contributed by atoms with Gasteiger partial charge in [-0.15, -0.1) is 0 Å². The second-order valence-corrected chi connectivity index (χ2v) is 8.73. The van der Waals surface area contributed by atoms with Crippen LogP contribution in [0.1, 0.15) is 15.9 Å². The van der Waals surface area contributed by atoms with Crippen molar-refractivity contribution in [2.45, 2.75) is 0 Å². The van der Waals surface area contributed by atoms with Gasteiger partial charge in [0.25, 0.3) is 11.8 Å². The second kappa shape index (κ2) is 8.70. The van der Waals surface area contributed by atoms with Gasteiger partial charge in [0.05, 0.1) is 26.0 Å². The van der Waals surface area contributed by atoms with E-state index in [1.807, 2.05) is 18.2 Å². The Morgan fingerprint density at radius 3 is 2.61 bits per heavy atom. The molecule has 2 amide bonds. The van der Waals surface area contributed by atoms with Crippen LogP contribution in [0.4, 0.5) is 5.69 Å². The quantitative estimate of drug-likeness (QED) is 0.538. The fraction of sp³-hybridized carbons (Fsp3) is 0.0909. The number of amides is 2. The molecule has 1 aliphatic rings. The van der Waals surface area contributed by atoms with Gasteiger partial charge in [-0.2, -0.15) is 0 Å². The number of carbonyl (C=O) groups excluding carboxylic acids is 2. The predicted molar refractivity (Wildman–Crippen MR) is 127 cm³/mol. The average molecular weight is 471 g/mol. The van der Waals surface area contributed by atoms with Crippen LogP contribution in [0.15, 0.2) is 58.6 Å². The van der Waals surface area contributed by atoms with Crippen LogP contribution < -0.4 is 5.32 Å². The van der Waals surface area contributed by atoms with Crippen molar-refractivity contribution in [1.29, 1.82) is 0 Å². The number of fused-ring (bicyclic) bond motifs is 1. The van der Waals surface area contributed by atoms with Crippen molar-refractivity contribution < 1.29 is 9.59 Å². The molecule has 0 bridgehead atoms. The van der Waals surface area contributed by atoms with E-state index in [1.165, 1.54) is 16.7 Å². The van der Waals surface area contributed by atoms with Gasteiger partial charge in [0, 0.05) is 25.7 Å². The number of rotatable bonds is 3. The van der Waals surface area contributed by atoms with Crippen LogP contribution in [0, 0.1) is 0 Å². The fourth-order valence-electron chi connectivity index (χ4n) is 3.01. The molecule has 1 aliphatic heterocycles. The number of halogens is 2. The number of nitrogens with zero attached hydrogens (tertiary/aromatic N) is 3. The Bertz CT molecular complexity index is 1270. The van der Waals surface area contributed by atoms with Crippen LogP contribution in [0.3, 0.4) is 0 Å². The number of thioether (sulfide) groups is 1. The first kappa shape index (κ1) is 21.4. The van der Waals surface area contributed by atoms with E-state index in [1.54, 1.807) is 50.6 Å². The molecule has 4 rings (SSSR count). The van der Waals surface area contributed by atoms with Crippen LogP contribution in [0.5, 0.6) is 0 Å². The molecule has 0 unspecified atom stereocenters. The van der Waals surface area contributed by atoms with Crippen molar-refractivity contribution in [3.05, 3.63) is 74.7 Å². The predicted octanol–water partition coefficient (Wildman–Crippen LogP) is 5.14. The highest BCUT2D eigenvalue weighted by Gasteiger charge is 2.24. The maximum absolute atomic E-state index is 12.5. The number of amidine groups is 1. The Morgan fingerprint density at radius 2 is 1.90 bits per heavy atom. The fourth-order valence-corrected chi connectivity index (χ4v) is 4.32. The zero-order chi connectivity index (χ0) is 22.1. The minimum absolute atomic E-state index is 0.115. The van der Waals surface area contributed by atoms with Gasteiger partial charge in [-0.1, -0.05) is 35.3 Å². The first-order valence-electron chi connectivity index (χ1n) is 9.17. The van der Waals surface area contributed by atoms with Gasteiger partial charge in [0.2, 0.25) is 0 Å². The average Bonchev–Trinajstić information content (AvgIpc) is 3.08. The summed E-state index contributed by atoms with van der Waals surface area (Å²) in [5, 5.41) is 4.62. The number of pyridine rings is 1. The molecule has 3 aromatic rings. The van der Waals surface area contributed by atoms with Gasteiger partial charge in [0.1, 0.15) is 5.69 Å². The molecule has 0 aliphatic carbocycles. The number of benzene rings is 2. The molecule has 0 spiro atoms. The molecule has 2 aromatic carbocycles. The second-order valence-electron chi connectivity index (χ2n) is 6.89. The third kappa shape index (κ3) is 4.44. The summed E-state index contributed by atoms with van der Waals surface area (Å²) in [7, 11) is 3.40. The highest BCUT2D eigenvalue weighted by atomic mass is 35.5. The third-order valence-electron chi connectivity index (χ3n) is 4.50. The Balaban J connectivity index is 1.69. The lowest BCUT2D eigenvalue weighted by molar-refractivity contribution is -0.115. The molecule has 31 heavy (non-hydrogen) atoms. The van der Waals surface area contributed by atoms with Gasteiger partial charge in [-0.25, -0.2) is 4.99 Å². The maximum Gasteiger partial charge on any atom is 0.264 e. The summed E-state index contributed by atoms with van der Waals surface area (Å²) in [6, 6.07) is 12.3. The monoisotopic (exact) mass is 470 g/mol. The number of para-hydroxylation sites is 1. The molecular formula is C22H16Cl2N4O2S. The van der Waals surface area contributed by atoms with Crippen LogP contribution in [0.2, 0.25) is 10.0 Å². The standard InChI is InChI=1S/C22H16Cl2N4O2S/c1-28(2)21(30)13-8-9-25-17-7-6-12(10-14(13)17)11-18-20(29)27-22(31-18)26-19-15(23)4-3-5-16(19)24/h3-11H,1-2H3,(H,26,27,29)/b18-11+. The van der Waals surface area contributed by atoms with E-state index < -0.39 is 0 Å². The number of aromatic nitrogens is 1. The van der Waals surface area contributed by atoms with E-state index >= 15 is 0 Å². The van der Waals surface area contributed by atoms with Crippen molar-refractivity contribution >= 4 is 74.6 Å². The molecule has 2 heterocycles. The molecule has 9 heteroatoms. The molecule has 1 aromatic heterocycles. The third-order valence-corrected chi connectivity index (χ3v) is 6.02. The smallest absolute Gasteiger partial charge is 0.264 e. The zero-order valence-electron chi connectivity index (χ0n) is 16.5. The van der Waals surface area contributed by atoms with Crippen molar-refractivity contribution in [3.63, 3.8) is 0 Å². The van der Waals surface area contributed by atoms with E-state index in [2.05, 4.69) is 15.3 Å². The molecule has 0 radical (unpaired) electrons. The minimum Gasteiger partial charge on any atom is -0.345 e. The normalized spacial score (nSPS) is 16.2. The molecule has 0 saturated carbocycles. The number of hydrogen-bond acceptors (Lipinski definition) is 5. The molecule has 156 valence electrons. The molecular weight excluding hydrogens is 455 g/mol. The number of carbonyl (C=O) groups is 2. The SMILES string of the molecule is CN(C)C(=O)c1ccnc2ccc(/C=C3/SC(=Nc4c(Cl)cccc4Cl)NC3=O)cc12. The number of aliphatic imine (C=N–C) groups is 1. The summed E-state index contributed by atoms with van der Waals surface area (Å²) < 4.78 is 0. The largest absolute Gasteiger partial charge is 0.345 e. The van der Waals surface area contributed by atoms with Gasteiger partial charge in [-0.05, 0) is 53.7 Å². The number of hydrogen-bond donors (Lipinski definition) is 1. The van der Waals surface area contributed by atoms with Crippen molar-refractivity contribution in [2.24, 2.45) is 4.99 Å². The van der Waals surface area contributed by atoms with Crippen LogP contribution in [-0.4, -0.2) is 41.0 Å². The number of nitrogens with one attached hydrogen (secondary N) is 1. The lowest BCUT2D eigenvalue weighted by Gasteiger charge is -2.12. The molecule has 1 saturated heterocycles. The lowest BCUT2D eigenvalue weighted by Crippen LogP contribution is -2.22. The van der Waals surface area contributed by atoms with Gasteiger partial charge < -0.3 is 10.2 Å². The molecule has 1 fully saturated rings. The summed E-state index contributed by atoms with van der Waals surface area (Å²) >= 11 is 13.5. The van der Waals surface area contributed by atoms with Gasteiger partial charge >= 0.3 is 0 Å². The first-order chi connectivity index (χ1) is 14.8. The van der Waals surface area contributed by atoms with E-state index in [0.717, 1.165) is 10.9 Å². The van der Waals surface area contributed by atoms with Crippen molar-refractivity contribution in [2.75, 3.05) is 14.1 Å². The van der Waals surface area contributed by atoms with Crippen molar-refractivity contribution in [1.82, 2.24) is 15.2 Å². The van der Waals surface area contributed by atoms with E-state index in [9.17, 15) is 9.59 Å². The minimum atomic E-state index is -0.275. The van der Waals surface area contributed by atoms with Crippen molar-refractivity contribution in [3.8, 4) is 0 Å². The maximum atomic E-state index is 12.5. The van der Waals surface area contributed by atoms with E-state index in [0.29, 0.717) is 36.9 Å². The highest BCUT2D eigenvalue weighted by Crippen LogP contribution is 2.35. The summed E-state index contributed by atoms with van der Waals surface area (Å²) in [6.07, 6.45) is 3.35. The lowest BCUT2D eigenvalue weighted by atomic mass is 10.0. The van der Waals surface area contributed by atoms with Crippen LogP contribution in [-0.2, 0) is 4.79 Å². The van der Waals surface area contributed by atoms with E-state index in [-0.39, 0.29) is 11.8 Å². The molecule has 1 N–H and O–H groups in total. The summed E-state index contributed by atoms with van der Waals surface area (Å²) in [4.78, 5) is 35.7. The Labute approximate surface area is 193 Å². The van der Waals surface area contributed by atoms with E-state index in [4.69, 9.17) is 23.2 Å². The first-order valence-corrected chi connectivity index (χ1v) is 10.7. The van der Waals surface area contributed by atoms with Gasteiger partial charge in [-0.3, -0.25) is 14.6 Å². The van der Waals surface area contributed by atoms with Crippen LogP contribution in [0.25, 0.3) is 17.0 Å². The Kier molecular flexibility index (Phi) is 6.00. The molecule has 6 nitrogen and oxygen atoms in total. The topological polar surface area (TPSA) is 74.7 Å². The molecule has 0 atom stereocenters. The summed E-state index contributed by atoms with van der Waals surface area (Å²) in [5.41, 5.74) is 2.42. The van der Waals surface area contributed by atoms with Gasteiger partial charge in [0.15, 0.2) is 5.17 Å². The Hall–Kier alpha value is -2.87. The van der Waals surface area contributed by atoms with Crippen LogP contribution >= 0.6 is 35.0 Å². The highest BCUT2D eigenvalue weighted by molar-refractivity contribution is 8.18. The summed E-state index contributed by atoms with van der Waals surface area (Å²) in [6.45, 7) is 0. The Morgan fingerprint density at radius 1 is 1.16 bits per heavy atom. The summed E-state index contributed by atoms with van der Waals surface area (Å²) in [5.74, 6) is -0.390.